The number of hydrogen-bond donors (Lipinski definition) is 0. The first-order valence-electron chi connectivity index (χ1n) is 9.56. The summed E-state index contributed by atoms with van der Waals surface area (Å²) >= 11 is 0. The zero-order chi connectivity index (χ0) is 15.3. The van der Waals surface area contributed by atoms with Gasteiger partial charge in [-0.05, 0) is 69.7 Å². The number of carbonyl (C=O) groups is 1. The van der Waals surface area contributed by atoms with E-state index < -0.39 is 0 Å². The van der Waals surface area contributed by atoms with E-state index in [-0.39, 0.29) is 18.0 Å². The molecule has 3 heteroatoms. The van der Waals surface area contributed by atoms with Crippen LogP contribution in [0.15, 0.2) is 0 Å². The Balaban J connectivity index is 1.52. The maximum atomic E-state index is 12.9. The predicted octanol–water partition coefficient (Wildman–Crippen LogP) is 3.62. The Morgan fingerprint density at radius 3 is 2.41 bits per heavy atom. The highest BCUT2D eigenvalue weighted by molar-refractivity contribution is 5.74. The molecule has 4 aliphatic rings. The SMILES string of the molecule is CC1CCC([C@H]2C[C@H]3CCC(C2C(=O)OC2CC2)N3C)CC1. The fourth-order valence-corrected chi connectivity index (χ4v) is 5.46. The summed E-state index contributed by atoms with van der Waals surface area (Å²) < 4.78 is 5.78. The van der Waals surface area contributed by atoms with Crippen molar-refractivity contribution >= 4 is 5.97 Å². The highest BCUT2D eigenvalue weighted by Crippen LogP contribution is 2.49. The number of ether oxygens (including phenoxy) is 1. The second-order valence-corrected chi connectivity index (χ2v) is 8.55. The summed E-state index contributed by atoms with van der Waals surface area (Å²) in [6.07, 6.45) is 11.5. The fourth-order valence-electron chi connectivity index (χ4n) is 5.46. The molecule has 4 atom stereocenters. The molecular weight excluding hydrogens is 274 g/mol. The lowest BCUT2D eigenvalue weighted by molar-refractivity contribution is -0.158. The van der Waals surface area contributed by atoms with Crippen molar-refractivity contribution in [1.82, 2.24) is 4.90 Å². The largest absolute Gasteiger partial charge is 0.462 e. The Hall–Kier alpha value is -0.570. The van der Waals surface area contributed by atoms with Gasteiger partial charge in [0, 0.05) is 12.1 Å². The Morgan fingerprint density at radius 1 is 1.00 bits per heavy atom. The molecule has 4 rings (SSSR count). The normalized spacial score (nSPS) is 45.7. The molecule has 0 aromatic rings. The fraction of sp³-hybridized carbons (Fsp3) is 0.947. The first kappa shape index (κ1) is 15.0. The summed E-state index contributed by atoms with van der Waals surface area (Å²) in [5.41, 5.74) is 0. The van der Waals surface area contributed by atoms with Gasteiger partial charge in [0.05, 0.1) is 5.92 Å². The summed E-state index contributed by atoms with van der Waals surface area (Å²) in [5.74, 6) is 2.54. The van der Waals surface area contributed by atoms with Gasteiger partial charge in [0.15, 0.2) is 0 Å². The van der Waals surface area contributed by atoms with Crippen LogP contribution in [0.2, 0.25) is 0 Å². The van der Waals surface area contributed by atoms with E-state index in [0.29, 0.717) is 12.0 Å². The lowest BCUT2D eigenvalue weighted by Crippen LogP contribution is -2.52. The van der Waals surface area contributed by atoms with Crippen LogP contribution in [-0.2, 0) is 9.53 Å². The number of hydrogen-bond acceptors (Lipinski definition) is 3. The molecule has 0 aromatic carbocycles. The van der Waals surface area contributed by atoms with E-state index in [1.807, 2.05) is 0 Å². The molecule has 2 heterocycles. The maximum absolute atomic E-state index is 12.9. The summed E-state index contributed by atoms with van der Waals surface area (Å²) in [6.45, 7) is 2.38. The molecule has 2 saturated carbocycles. The van der Waals surface area contributed by atoms with Crippen LogP contribution >= 0.6 is 0 Å². The highest BCUT2D eigenvalue weighted by Gasteiger charge is 2.52. The van der Waals surface area contributed by atoms with Crippen LogP contribution in [-0.4, -0.2) is 36.1 Å². The van der Waals surface area contributed by atoms with Crippen LogP contribution in [0.5, 0.6) is 0 Å². The van der Waals surface area contributed by atoms with Crippen molar-refractivity contribution in [3.63, 3.8) is 0 Å². The third-order valence-corrected chi connectivity index (χ3v) is 7.06. The van der Waals surface area contributed by atoms with Gasteiger partial charge in [-0.3, -0.25) is 9.69 Å². The Bertz CT molecular complexity index is 425. The molecule has 124 valence electrons. The van der Waals surface area contributed by atoms with Gasteiger partial charge >= 0.3 is 5.97 Å². The lowest BCUT2D eigenvalue weighted by atomic mass is 9.67. The van der Waals surface area contributed by atoms with Crippen LogP contribution in [0.4, 0.5) is 0 Å². The molecule has 2 saturated heterocycles. The quantitative estimate of drug-likeness (QED) is 0.746. The van der Waals surface area contributed by atoms with Gasteiger partial charge in [0.1, 0.15) is 6.10 Å². The van der Waals surface area contributed by atoms with E-state index >= 15 is 0 Å². The van der Waals surface area contributed by atoms with Crippen molar-refractivity contribution in [2.45, 2.75) is 82.9 Å². The van der Waals surface area contributed by atoms with Crippen molar-refractivity contribution in [3.05, 3.63) is 0 Å². The molecule has 2 aliphatic carbocycles. The van der Waals surface area contributed by atoms with Crippen LogP contribution in [0, 0.1) is 23.7 Å². The molecular formula is C19H31NO2. The number of piperidine rings is 1. The average molecular weight is 305 g/mol. The van der Waals surface area contributed by atoms with E-state index in [0.717, 1.165) is 30.7 Å². The van der Waals surface area contributed by atoms with Crippen molar-refractivity contribution in [2.75, 3.05) is 7.05 Å². The molecule has 4 fully saturated rings. The molecule has 2 bridgehead atoms. The second-order valence-electron chi connectivity index (χ2n) is 8.55. The minimum absolute atomic E-state index is 0.142. The van der Waals surface area contributed by atoms with Crippen LogP contribution in [0.1, 0.15) is 64.7 Å². The smallest absolute Gasteiger partial charge is 0.311 e. The van der Waals surface area contributed by atoms with E-state index in [4.69, 9.17) is 4.74 Å². The molecule has 3 nitrogen and oxygen atoms in total. The van der Waals surface area contributed by atoms with E-state index in [2.05, 4.69) is 18.9 Å². The van der Waals surface area contributed by atoms with Crippen molar-refractivity contribution < 1.29 is 9.53 Å². The van der Waals surface area contributed by atoms with Crippen LogP contribution in [0.3, 0.4) is 0 Å². The molecule has 0 radical (unpaired) electrons. The van der Waals surface area contributed by atoms with E-state index in [1.54, 1.807) is 0 Å². The number of esters is 1. The summed E-state index contributed by atoms with van der Waals surface area (Å²) in [5, 5.41) is 0. The zero-order valence-electron chi connectivity index (χ0n) is 14.2. The van der Waals surface area contributed by atoms with Crippen LogP contribution in [0.25, 0.3) is 0 Å². The molecule has 2 aliphatic heterocycles. The minimum atomic E-state index is 0.142. The van der Waals surface area contributed by atoms with Crippen molar-refractivity contribution in [3.8, 4) is 0 Å². The third-order valence-electron chi connectivity index (χ3n) is 7.06. The van der Waals surface area contributed by atoms with Gasteiger partial charge in [-0.1, -0.05) is 19.8 Å². The zero-order valence-corrected chi connectivity index (χ0v) is 14.2. The summed E-state index contributed by atoms with van der Waals surface area (Å²) in [6, 6.07) is 1.17. The maximum Gasteiger partial charge on any atom is 0.311 e. The third kappa shape index (κ3) is 2.70. The first-order chi connectivity index (χ1) is 10.6. The molecule has 0 amide bonds. The van der Waals surface area contributed by atoms with Gasteiger partial charge in [-0.25, -0.2) is 0 Å². The van der Waals surface area contributed by atoms with Crippen molar-refractivity contribution in [2.24, 2.45) is 23.7 Å². The standard InChI is InChI=1S/C19H31NO2/c1-12-3-5-13(6-4-12)16-11-14-7-10-17(20(14)2)18(16)19(21)22-15-8-9-15/h12-18H,3-11H2,1-2H3/t12?,13?,14-,16-,17?,18?/m1/s1. The summed E-state index contributed by atoms with van der Waals surface area (Å²) in [7, 11) is 2.24. The van der Waals surface area contributed by atoms with Crippen molar-refractivity contribution in [1.29, 1.82) is 0 Å². The number of rotatable bonds is 3. The predicted molar refractivity (Wildman–Crippen MR) is 86.4 cm³/mol. The number of fused-ring (bicyclic) bond motifs is 2. The van der Waals surface area contributed by atoms with Gasteiger partial charge in [-0.15, -0.1) is 0 Å². The summed E-state index contributed by atoms with van der Waals surface area (Å²) in [4.78, 5) is 15.4. The van der Waals surface area contributed by atoms with Gasteiger partial charge < -0.3 is 4.74 Å². The van der Waals surface area contributed by atoms with Gasteiger partial charge in [0.2, 0.25) is 0 Å². The molecule has 0 spiro atoms. The Kier molecular flexibility index (Phi) is 3.96. The Labute approximate surface area is 134 Å². The molecule has 2 unspecified atom stereocenters. The van der Waals surface area contributed by atoms with Crippen LogP contribution < -0.4 is 0 Å². The highest BCUT2D eigenvalue weighted by atomic mass is 16.5. The second kappa shape index (κ2) is 5.81. The average Bonchev–Trinajstić information content (AvgIpc) is 3.27. The molecule has 0 aromatic heterocycles. The number of nitrogens with zero attached hydrogens (tertiary/aromatic N) is 1. The number of carbonyl (C=O) groups excluding carboxylic acids is 1. The first-order valence-corrected chi connectivity index (χ1v) is 9.56. The molecule has 22 heavy (non-hydrogen) atoms. The lowest BCUT2D eigenvalue weighted by Gasteiger charge is -2.46. The van der Waals surface area contributed by atoms with Gasteiger partial charge in [-0.2, -0.15) is 0 Å². The molecule has 0 N–H and O–H groups in total. The monoisotopic (exact) mass is 305 g/mol. The van der Waals surface area contributed by atoms with Gasteiger partial charge in [0.25, 0.3) is 0 Å². The van der Waals surface area contributed by atoms with E-state index in [9.17, 15) is 4.79 Å². The van der Waals surface area contributed by atoms with E-state index in [1.165, 1.54) is 44.9 Å². The Morgan fingerprint density at radius 2 is 1.73 bits per heavy atom. The topological polar surface area (TPSA) is 29.5 Å². The minimum Gasteiger partial charge on any atom is -0.462 e.